The van der Waals surface area contributed by atoms with Crippen LogP contribution in [-0.2, 0) is 20.6 Å². The van der Waals surface area contributed by atoms with Crippen molar-refractivity contribution >= 4 is 21.6 Å². The van der Waals surface area contributed by atoms with Gasteiger partial charge in [0.05, 0.1) is 5.75 Å². The maximum atomic E-state index is 11.8. The van der Waals surface area contributed by atoms with Crippen molar-refractivity contribution in [1.82, 2.24) is 0 Å². The van der Waals surface area contributed by atoms with E-state index in [9.17, 15) is 13.2 Å². The molecule has 0 bridgehead atoms. The van der Waals surface area contributed by atoms with Gasteiger partial charge in [-0.25, -0.2) is 13.6 Å². The van der Waals surface area contributed by atoms with Gasteiger partial charge in [-0.3, -0.25) is 4.79 Å². The predicted molar refractivity (Wildman–Crippen MR) is 77.2 cm³/mol. The summed E-state index contributed by atoms with van der Waals surface area (Å²) in [5.74, 6) is 0.148. The molecule has 1 atom stereocenters. The van der Waals surface area contributed by atoms with Crippen LogP contribution in [0, 0.1) is 5.92 Å². The molecule has 1 aliphatic rings. The molecular formula is C13H19N3O3S. The number of nitrogens with one attached hydrogen (secondary N) is 1. The lowest BCUT2D eigenvalue weighted by Gasteiger charge is -2.10. The van der Waals surface area contributed by atoms with Gasteiger partial charge in [0.2, 0.25) is 15.9 Å². The standard InChI is InChI=1S/C13H19N3O3S/c14-12(10-3-4-10)7-13(17)16-11-5-1-9(2-6-11)8-20(15,18)19/h1-2,5-6,10,12H,3-4,7-8,14H2,(H,16,17)(H2,15,18,19). The number of carbonyl (C=O) groups excluding carboxylic acids is 1. The smallest absolute Gasteiger partial charge is 0.225 e. The molecule has 1 amide bonds. The molecule has 1 unspecified atom stereocenters. The summed E-state index contributed by atoms with van der Waals surface area (Å²) in [6.07, 6.45) is 2.52. The van der Waals surface area contributed by atoms with Crippen molar-refractivity contribution in [2.24, 2.45) is 16.8 Å². The number of anilines is 1. The highest BCUT2D eigenvalue weighted by Crippen LogP contribution is 2.32. The number of benzene rings is 1. The zero-order valence-corrected chi connectivity index (χ0v) is 11.9. The molecule has 1 aromatic rings. The Kier molecular flexibility index (Phi) is 4.42. The molecule has 7 heteroatoms. The zero-order chi connectivity index (χ0) is 14.8. The van der Waals surface area contributed by atoms with Crippen molar-refractivity contribution in [1.29, 1.82) is 0 Å². The summed E-state index contributed by atoms with van der Waals surface area (Å²) in [4.78, 5) is 11.8. The monoisotopic (exact) mass is 297 g/mol. The van der Waals surface area contributed by atoms with Crippen molar-refractivity contribution in [2.45, 2.75) is 31.1 Å². The van der Waals surface area contributed by atoms with Crippen molar-refractivity contribution in [3.8, 4) is 0 Å². The Bertz CT molecular complexity index is 579. The summed E-state index contributed by atoms with van der Waals surface area (Å²) in [5, 5.41) is 7.71. The molecule has 0 aliphatic heterocycles. The van der Waals surface area contributed by atoms with E-state index in [0.717, 1.165) is 12.8 Å². The van der Waals surface area contributed by atoms with E-state index >= 15 is 0 Å². The minimum absolute atomic E-state index is 0.0725. The highest BCUT2D eigenvalue weighted by Gasteiger charge is 2.29. The van der Waals surface area contributed by atoms with Gasteiger partial charge in [0.15, 0.2) is 0 Å². The third kappa shape index (κ3) is 4.92. The highest BCUT2D eigenvalue weighted by molar-refractivity contribution is 7.88. The van der Waals surface area contributed by atoms with Gasteiger partial charge in [-0.1, -0.05) is 12.1 Å². The molecule has 0 saturated heterocycles. The van der Waals surface area contributed by atoms with Crippen molar-refractivity contribution in [2.75, 3.05) is 5.32 Å². The molecule has 20 heavy (non-hydrogen) atoms. The number of nitrogens with two attached hydrogens (primary N) is 2. The predicted octanol–water partition coefficient (Wildman–Crippen LogP) is 0.541. The van der Waals surface area contributed by atoms with Gasteiger partial charge in [-0.2, -0.15) is 0 Å². The second-order valence-electron chi connectivity index (χ2n) is 5.26. The van der Waals surface area contributed by atoms with Crippen LogP contribution in [0.1, 0.15) is 24.8 Å². The number of hydrogen-bond acceptors (Lipinski definition) is 4. The highest BCUT2D eigenvalue weighted by atomic mass is 32.2. The van der Waals surface area contributed by atoms with Crippen LogP contribution >= 0.6 is 0 Å². The van der Waals surface area contributed by atoms with Gasteiger partial charge in [0.25, 0.3) is 0 Å². The number of primary sulfonamides is 1. The summed E-state index contributed by atoms with van der Waals surface area (Å²) in [6.45, 7) is 0. The second-order valence-corrected chi connectivity index (χ2v) is 6.87. The number of sulfonamides is 1. The van der Waals surface area contributed by atoms with E-state index in [1.165, 1.54) is 0 Å². The lowest BCUT2D eigenvalue weighted by molar-refractivity contribution is -0.116. The fourth-order valence-corrected chi connectivity index (χ4v) is 2.69. The van der Waals surface area contributed by atoms with E-state index < -0.39 is 10.0 Å². The third-order valence-corrected chi connectivity index (χ3v) is 3.99. The Morgan fingerprint density at radius 1 is 1.30 bits per heavy atom. The van der Waals surface area contributed by atoms with E-state index in [4.69, 9.17) is 10.9 Å². The molecule has 0 heterocycles. The van der Waals surface area contributed by atoms with E-state index in [2.05, 4.69) is 5.32 Å². The largest absolute Gasteiger partial charge is 0.327 e. The molecule has 0 spiro atoms. The third-order valence-electron chi connectivity index (χ3n) is 3.25. The maximum absolute atomic E-state index is 11.8. The van der Waals surface area contributed by atoms with Gasteiger partial charge in [-0.15, -0.1) is 0 Å². The van der Waals surface area contributed by atoms with Crippen LogP contribution in [-0.4, -0.2) is 20.4 Å². The topological polar surface area (TPSA) is 115 Å². The van der Waals surface area contributed by atoms with Crippen LogP contribution in [0.5, 0.6) is 0 Å². The first kappa shape index (κ1) is 15.0. The van der Waals surface area contributed by atoms with Crippen LogP contribution in [0.3, 0.4) is 0 Å². The minimum Gasteiger partial charge on any atom is -0.327 e. The SMILES string of the molecule is NC(CC(=O)Nc1ccc(CS(N)(=O)=O)cc1)C1CC1. The fraction of sp³-hybridized carbons (Fsp3) is 0.462. The average Bonchev–Trinajstić information content (AvgIpc) is 3.13. The first-order valence-electron chi connectivity index (χ1n) is 6.48. The number of carbonyl (C=O) groups is 1. The Morgan fingerprint density at radius 2 is 1.90 bits per heavy atom. The summed E-state index contributed by atoms with van der Waals surface area (Å²) in [6, 6.07) is 6.49. The molecule has 1 aliphatic carbocycles. The quantitative estimate of drug-likeness (QED) is 0.710. The van der Waals surface area contributed by atoms with Crippen molar-refractivity contribution in [3.05, 3.63) is 29.8 Å². The van der Waals surface area contributed by atoms with E-state index in [0.29, 0.717) is 23.6 Å². The summed E-state index contributed by atoms with van der Waals surface area (Å²) in [7, 11) is -3.54. The average molecular weight is 297 g/mol. The minimum atomic E-state index is -3.54. The Balaban J connectivity index is 1.88. The second kappa shape index (κ2) is 5.90. The van der Waals surface area contributed by atoms with E-state index in [1.807, 2.05) is 0 Å². The van der Waals surface area contributed by atoms with Gasteiger partial charge < -0.3 is 11.1 Å². The summed E-state index contributed by atoms with van der Waals surface area (Å²) in [5.41, 5.74) is 7.09. The Morgan fingerprint density at radius 3 is 2.40 bits per heavy atom. The van der Waals surface area contributed by atoms with Crippen LogP contribution in [0.15, 0.2) is 24.3 Å². The first-order chi connectivity index (χ1) is 9.33. The van der Waals surface area contributed by atoms with Gasteiger partial charge in [0.1, 0.15) is 0 Å². The van der Waals surface area contributed by atoms with Crippen molar-refractivity contribution < 1.29 is 13.2 Å². The molecule has 2 rings (SSSR count). The molecule has 1 aromatic carbocycles. The summed E-state index contributed by atoms with van der Waals surface area (Å²) >= 11 is 0. The lowest BCUT2D eigenvalue weighted by atomic mass is 10.1. The molecule has 0 radical (unpaired) electrons. The van der Waals surface area contributed by atoms with Crippen molar-refractivity contribution in [3.63, 3.8) is 0 Å². The molecule has 5 N–H and O–H groups in total. The molecule has 6 nitrogen and oxygen atoms in total. The number of rotatable bonds is 6. The van der Waals surface area contributed by atoms with Gasteiger partial charge in [-0.05, 0) is 36.5 Å². The molecule has 1 fully saturated rings. The number of hydrogen-bond donors (Lipinski definition) is 3. The Labute approximate surface area is 118 Å². The van der Waals surface area contributed by atoms with Crippen LogP contribution in [0.2, 0.25) is 0 Å². The molecular weight excluding hydrogens is 278 g/mol. The van der Waals surface area contributed by atoms with Crippen LogP contribution in [0.25, 0.3) is 0 Å². The van der Waals surface area contributed by atoms with Gasteiger partial charge in [0, 0.05) is 18.2 Å². The lowest BCUT2D eigenvalue weighted by Crippen LogP contribution is -2.28. The number of amides is 1. The van der Waals surface area contributed by atoms with Crippen LogP contribution < -0.4 is 16.2 Å². The summed E-state index contributed by atoms with van der Waals surface area (Å²) < 4.78 is 21.9. The normalized spacial score (nSPS) is 16.7. The molecule has 110 valence electrons. The molecule has 0 aromatic heterocycles. The van der Waals surface area contributed by atoms with E-state index in [1.54, 1.807) is 24.3 Å². The van der Waals surface area contributed by atoms with Crippen LogP contribution in [0.4, 0.5) is 5.69 Å². The maximum Gasteiger partial charge on any atom is 0.225 e. The Hall–Kier alpha value is -1.44. The molecule has 1 saturated carbocycles. The van der Waals surface area contributed by atoms with Gasteiger partial charge >= 0.3 is 0 Å². The van der Waals surface area contributed by atoms with E-state index in [-0.39, 0.29) is 17.7 Å². The fourth-order valence-electron chi connectivity index (χ4n) is 2.03. The zero-order valence-electron chi connectivity index (χ0n) is 11.1. The first-order valence-corrected chi connectivity index (χ1v) is 8.20.